The summed E-state index contributed by atoms with van der Waals surface area (Å²) in [5.74, 6) is 0.792. The van der Waals surface area contributed by atoms with Gasteiger partial charge in [0.25, 0.3) is 0 Å². The summed E-state index contributed by atoms with van der Waals surface area (Å²) in [6, 6.07) is 0. The third kappa shape index (κ3) is 4.58. The van der Waals surface area contributed by atoms with Crippen LogP contribution in [0.2, 0.25) is 0 Å². The molecule has 0 aromatic carbocycles. The molecule has 0 heteroatoms. The van der Waals surface area contributed by atoms with E-state index >= 15 is 0 Å². The van der Waals surface area contributed by atoms with E-state index in [0.717, 1.165) is 12.3 Å². The van der Waals surface area contributed by atoms with Crippen molar-refractivity contribution in [3.63, 3.8) is 0 Å². The zero-order valence-electron chi connectivity index (χ0n) is 9.41. The van der Waals surface area contributed by atoms with Crippen LogP contribution < -0.4 is 0 Å². The van der Waals surface area contributed by atoms with Gasteiger partial charge in [-0.15, -0.1) is 0 Å². The monoisotopic (exact) mass is 168 g/mol. The number of hydrogen-bond acceptors (Lipinski definition) is 0. The van der Waals surface area contributed by atoms with E-state index in [4.69, 9.17) is 0 Å². The number of hydrogen-bond donors (Lipinski definition) is 0. The fourth-order valence-electron chi connectivity index (χ4n) is 1.03. The lowest BCUT2D eigenvalue weighted by Gasteiger charge is -2.27. The molecule has 0 aliphatic rings. The molecule has 0 N–H and O–H groups in total. The second-order valence-electron chi connectivity index (χ2n) is 4.91. The quantitative estimate of drug-likeness (QED) is 0.545. The summed E-state index contributed by atoms with van der Waals surface area (Å²) >= 11 is 0. The highest BCUT2D eigenvalue weighted by Gasteiger charge is 2.19. The van der Waals surface area contributed by atoms with E-state index in [1.807, 2.05) is 0 Å². The minimum Gasteiger partial charge on any atom is -0.0999 e. The molecule has 0 aromatic rings. The second-order valence-corrected chi connectivity index (χ2v) is 4.91. The summed E-state index contributed by atoms with van der Waals surface area (Å²) in [5.41, 5.74) is 1.85. The predicted molar refractivity (Wildman–Crippen MR) is 57.3 cm³/mol. The lowest BCUT2D eigenvalue weighted by atomic mass is 9.79. The van der Waals surface area contributed by atoms with Crippen LogP contribution in [0.5, 0.6) is 0 Å². The molecule has 0 bridgehead atoms. The molecule has 0 saturated heterocycles. The van der Waals surface area contributed by atoms with Crippen molar-refractivity contribution >= 4 is 0 Å². The fourth-order valence-corrected chi connectivity index (χ4v) is 1.03. The van der Waals surface area contributed by atoms with Crippen LogP contribution in [0.1, 0.15) is 53.9 Å². The molecule has 0 aromatic heterocycles. The van der Waals surface area contributed by atoms with Gasteiger partial charge in [0.1, 0.15) is 0 Å². The molecule has 0 nitrogen and oxygen atoms in total. The summed E-state index contributed by atoms with van der Waals surface area (Å²) in [7, 11) is 0. The SMILES string of the molecule is C=C(CC)CCC(C)C(C)(C)C. The summed E-state index contributed by atoms with van der Waals surface area (Å²) in [4.78, 5) is 0. The van der Waals surface area contributed by atoms with E-state index in [0.29, 0.717) is 5.41 Å². The van der Waals surface area contributed by atoms with E-state index in [1.54, 1.807) is 0 Å². The van der Waals surface area contributed by atoms with Crippen LogP contribution in [0.25, 0.3) is 0 Å². The Hall–Kier alpha value is -0.260. The summed E-state index contributed by atoms with van der Waals surface area (Å²) in [6.07, 6.45) is 3.63. The van der Waals surface area contributed by atoms with Crippen molar-refractivity contribution in [2.75, 3.05) is 0 Å². The van der Waals surface area contributed by atoms with Gasteiger partial charge in [-0.1, -0.05) is 46.8 Å². The highest BCUT2D eigenvalue weighted by atomic mass is 14.2. The third-order valence-corrected chi connectivity index (χ3v) is 2.91. The lowest BCUT2D eigenvalue weighted by molar-refractivity contribution is 0.247. The second kappa shape index (κ2) is 4.69. The first-order chi connectivity index (χ1) is 5.38. The molecule has 1 atom stereocenters. The van der Waals surface area contributed by atoms with E-state index in [9.17, 15) is 0 Å². The molecular weight excluding hydrogens is 144 g/mol. The number of rotatable bonds is 4. The van der Waals surface area contributed by atoms with Crippen molar-refractivity contribution in [3.8, 4) is 0 Å². The van der Waals surface area contributed by atoms with Crippen molar-refractivity contribution in [3.05, 3.63) is 12.2 Å². The molecule has 0 aliphatic carbocycles. The van der Waals surface area contributed by atoms with Crippen molar-refractivity contribution in [1.82, 2.24) is 0 Å². The molecule has 1 unspecified atom stereocenters. The average Bonchev–Trinajstić information content (AvgIpc) is 1.97. The van der Waals surface area contributed by atoms with E-state index in [1.165, 1.54) is 18.4 Å². The first-order valence-corrected chi connectivity index (χ1v) is 5.04. The Morgan fingerprint density at radius 1 is 1.33 bits per heavy atom. The maximum atomic E-state index is 4.03. The Kier molecular flexibility index (Phi) is 4.59. The summed E-state index contributed by atoms with van der Waals surface area (Å²) in [5, 5.41) is 0. The molecule has 0 spiro atoms. The normalized spacial score (nSPS) is 14.4. The molecule has 0 fully saturated rings. The first kappa shape index (κ1) is 11.7. The third-order valence-electron chi connectivity index (χ3n) is 2.91. The van der Waals surface area contributed by atoms with Crippen LogP contribution in [0, 0.1) is 11.3 Å². The summed E-state index contributed by atoms with van der Waals surface area (Å²) < 4.78 is 0. The van der Waals surface area contributed by atoms with Gasteiger partial charge in [-0.25, -0.2) is 0 Å². The van der Waals surface area contributed by atoms with Gasteiger partial charge in [0.15, 0.2) is 0 Å². The van der Waals surface area contributed by atoms with Crippen LogP contribution in [0.15, 0.2) is 12.2 Å². The Morgan fingerprint density at radius 2 is 1.83 bits per heavy atom. The van der Waals surface area contributed by atoms with Crippen LogP contribution in [0.4, 0.5) is 0 Å². The Balaban J connectivity index is 3.72. The molecule has 0 amide bonds. The van der Waals surface area contributed by atoms with Crippen LogP contribution >= 0.6 is 0 Å². The van der Waals surface area contributed by atoms with Gasteiger partial charge < -0.3 is 0 Å². The Bertz CT molecular complexity index is 137. The molecule has 0 rings (SSSR count). The minimum atomic E-state index is 0.452. The smallest absolute Gasteiger partial charge is 0.0320 e. The number of allylic oxidation sites excluding steroid dienone is 1. The van der Waals surface area contributed by atoms with Crippen LogP contribution in [0.3, 0.4) is 0 Å². The van der Waals surface area contributed by atoms with Gasteiger partial charge in [0.2, 0.25) is 0 Å². The van der Waals surface area contributed by atoms with E-state index < -0.39 is 0 Å². The Labute approximate surface area is 78.1 Å². The molecule has 0 heterocycles. The highest BCUT2D eigenvalue weighted by molar-refractivity contribution is 4.93. The zero-order chi connectivity index (χ0) is 9.78. The highest BCUT2D eigenvalue weighted by Crippen LogP contribution is 2.30. The largest absolute Gasteiger partial charge is 0.0999 e. The lowest BCUT2D eigenvalue weighted by Crippen LogP contribution is -2.17. The van der Waals surface area contributed by atoms with Crippen LogP contribution in [-0.2, 0) is 0 Å². The Morgan fingerprint density at radius 3 is 2.17 bits per heavy atom. The van der Waals surface area contributed by atoms with Gasteiger partial charge in [0.05, 0.1) is 0 Å². The van der Waals surface area contributed by atoms with E-state index in [-0.39, 0.29) is 0 Å². The molecule has 0 radical (unpaired) electrons. The van der Waals surface area contributed by atoms with Crippen molar-refractivity contribution in [1.29, 1.82) is 0 Å². The standard InChI is InChI=1S/C12H24/c1-7-10(2)8-9-11(3)12(4,5)6/h11H,2,7-9H2,1,3-6H3. The van der Waals surface area contributed by atoms with Crippen molar-refractivity contribution in [2.24, 2.45) is 11.3 Å². The summed E-state index contributed by atoms with van der Waals surface area (Å²) in [6.45, 7) is 15.5. The zero-order valence-corrected chi connectivity index (χ0v) is 9.41. The predicted octanol–water partition coefficient (Wildman–Crippen LogP) is 4.42. The molecular formula is C12H24. The molecule has 12 heavy (non-hydrogen) atoms. The van der Waals surface area contributed by atoms with Gasteiger partial charge in [0, 0.05) is 0 Å². The maximum absolute atomic E-state index is 4.03. The van der Waals surface area contributed by atoms with Gasteiger partial charge in [-0.3, -0.25) is 0 Å². The first-order valence-electron chi connectivity index (χ1n) is 5.04. The molecule has 72 valence electrons. The van der Waals surface area contributed by atoms with Gasteiger partial charge >= 0.3 is 0 Å². The minimum absolute atomic E-state index is 0.452. The fraction of sp³-hybridized carbons (Fsp3) is 0.833. The van der Waals surface area contributed by atoms with Gasteiger partial charge in [-0.05, 0) is 30.6 Å². The van der Waals surface area contributed by atoms with Gasteiger partial charge in [-0.2, -0.15) is 0 Å². The average molecular weight is 168 g/mol. The molecule has 0 aliphatic heterocycles. The topological polar surface area (TPSA) is 0 Å². The van der Waals surface area contributed by atoms with Crippen molar-refractivity contribution in [2.45, 2.75) is 53.9 Å². The van der Waals surface area contributed by atoms with E-state index in [2.05, 4.69) is 41.2 Å². The maximum Gasteiger partial charge on any atom is -0.0320 e. The van der Waals surface area contributed by atoms with Crippen LogP contribution in [-0.4, -0.2) is 0 Å². The van der Waals surface area contributed by atoms with Crippen molar-refractivity contribution < 1.29 is 0 Å². The molecule has 0 saturated carbocycles.